The Balaban J connectivity index is 1.84. The van der Waals surface area contributed by atoms with E-state index in [1.54, 1.807) is 6.92 Å². The monoisotopic (exact) mass is 279 g/mol. The fourth-order valence-electron chi connectivity index (χ4n) is 2.16. The summed E-state index contributed by atoms with van der Waals surface area (Å²) in [6.07, 6.45) is 1.68. The lowest BCUT2D eigenvalue weighted by Gasteiger charge is -2.19. The predicted molar refractivity (Wildman–Crippen MR) is 75.0 cm³/mol. The van der Waals surface area contributed by atoms with E-state index >= 15 is 0 Å². The van der Waals surface area contributed by atoms with E-state index in [-0.39, 0.29) is 12.0 Å². The Bertz CT molecular complexity index is 461. The van der Waals surface area contributed by atoms with Crippen LogP contribution in [0.25, 0.3) is 0 Å². The molecule has 110 valence electrons. The second-order valence-electron chi connectivity index (χ2n) is 4.79. The maximum absolute atomic E-state index is 11.3. The lowest BCUT2D eigenvalue weighted by molar-refractivity contribution is -0.143. The lowest BCUT2D eigenvalue weighted by atomic mass is 10.0. The number of hydrogen-bond acceptors (Lipinski definition) is 5. The molecule has 1 aliphatic heterocycles. The Kier molecular flexibility index (Phi) is 5.24. The summed E-state index contributed by atoms with van der Waals surface area (Å²) in [6.45, 7) is 3.38. The summed E-state index contributed by atoms with van der Waals surface area (Å²) in [4.78, 5) is 11.3. The predicted octanol–water partition coefficient (Wildman–Crippen LogP) is 1.67. The lowest BCUT2D eigenvalue weighted by Crippen LogP contribution is -2.24. The molecule has 2 rings (SSSR count). The highest BCUT2D eigenvalue weighted by molar-refractivity contribution is 5.69. The summed E-state index contributed by atoms with van der Waals surface area (Å²) in [5, 5.41) is 0. The molecule has 20 heavy (non-hydrogen) atoms. The van der Waals surface area contributed by atoms with Crippen LogP contribution in [0, 0.1) is 0 Å². The molecule has 1 aliphatic rings. The third-order valence-corrected chi connectivity index (χ3v) is 3.13. The maximum Gasteiger partial charge on any atom is 0.305 e. The molecule has 0 amide bonds. The van der Waals surface area contributed by atoms with Gasteiger partial charge in [0.2, 0.25) is 0 Å². The zero-order valence-electron chi connectivity index (χ0n) is 11.8. The van der Waals surface area contributed by atoms with Crippen molar-refractivity contribution in [1.82, 2.24) is 0 Å². The van der Waals surface area contributed by atoms with E-state index < -0.39 is 0 Å². The molecule has 0 spiro atoms. The largest absolute Gasteiger partial charge is 0.486 e. The molecule has 1 atom stereocenters. The fraction of sp³-hybridized carbons (Fsp3) is 0.533. The molecular formula is C15H21NO4. The van der Waals surface area contributed by atoms with Crippen molar-refractivity contribution >= 4 is 5.97 Å². The van der Waals surface area contributed by atoms with Gasteiger partial charge >= 0.3 is 5.97 Å². The molecule has 0 radical (unpaired) electrons. The first kappa shape index (κ1) is 14.7. The normalized spacial score (nSPS) is 14.7. The van der Waals surface area contributed by atoms with Gasteiger partial charge in [0.1, 0.15) is 13.2 Å². The van der Waals surface area contributed by atoms with Crippen molar-refractivity contribution in [3.05, 3.63) is 23.8 Å². The van der Waals surface area contributed by atoms with E-state index in [0.29, 0.717) is 39.1 Å². The minimum Gasteiger partial charge on any atom is -0.486 e. The van der Waals surface area contributed by atoms with Gasteiger partial charge in [-0.05, 0) is 37.5 Å². The summed E-state index contributed by atoms with van der Waals surface area (Å²) in [5.74, 6) is 1.36. The molecule has 1 heterocycles. The van der Waals surface area contributed by atoms with Crippen molar-refractivity contribution < 1.29 is 19.0 Å². The Morgan fingerprint density at radius 3 is 2.85 bits per heavy atom. The van der Waals surface area contributed by atoms with Gasteiger partial charge in [0.05, 0.1) is 6.61 Å². The average molecular weight is 279 g/mol. The third kappa shape index (κ3) is 4.13. The third-order valence-electron chi connectivity index (χ3n) is 3.13. The SMILES string of the molecule is CCOC(=O)CCC(N)Cc1ccc2c(c1)OCCO2. The Labute approximate surface area is 119 Å². The first-order valence-electron chi connectivity index (χ1n) is 6.98. The van der Waals surface area contributed by atoms with Gasteiger partial charge in [0, 0.05) is 12.5 Å². The maximum atomic E-state index is 11.3. The number of nitrogens with two attached hydrogens (primary N) is 1. The van der Waals surface area contributed by atoms with Gasteiger partial charge < -0.3 is 19.9 Å². The van der Waals surface area contributed by atoms with Crippen LogP contribution in [0.15, 0.2) is 18.2 Å². The topological polar surface area (TPSA) is 70.8 Å². The Morgan fingerprint density at radius 1 is 1.35 bits per heavy atom. The quantitative estimate of drug-likeness (QED) is 0.802. The van der Waals surface area contributed by atoms with Crippen LogP contribution in [-0.4, -0.2) is 31.8 Å². The van der Waals surface area contributed by atoms with Gasteiger partial charge in [-0.3, -0.25) is 4.79 Å². The van der Waals surface area contributed by atoms with Crippen molar-refractivity contribution in [2.45, 2.75) is 32.2 Å². The molecule has 0 bridgehead atoms. The molecule has 0 saturated carbocycles. The molecule has 2 N–H and O–H groups in total. The number of benzene rings is 1. The van der Waals surface area contributed by atoms with Crippen LogP contribution in [0.2, 0.25) is 0 Å². The summed E-state index contributed by atoms with van der Waals surface area (Å²) in [7, 11) is 0. The number of fused-ring (bicyclic) bond motifs is 1. The smallest absolute Gasteiger partial charge is 0.305 e. The van der Waals surface area contributed by atoms with Crippen molar-refractivity contribution in [3.63, 3.8) is 0 Å². The van der Waals surface area contributed by atoms with E-state index in [9.17, 15) is 4.79 Å². The molecule has 1 aromatic rings. The van der Waals surface area contributed by atoms with Crippen LogP contribution in [0.3, 0.4) is 0 Å². The first-order valence-corrected chi connectivity index (χ1v) is 6.98. The van der Waals surface area contributed by atoms with Gasteiger partial charge in [-0.25, -0.2) is 0 Å². The van der Waals surface area contributed by atoms with Crippen LogP contribution < -0.4 is 15.2 Å². The van der Waals surface area contributed by atoms with Gasteiger partial charge in [-0.15, -0.1) is 0 Å². The Morgan fingerprint density at radius 2 is 2.10 bits per heavy atom. The van der Waals surface area contributed by atoms with Crippen LogP contribution in [0.1, 0.15) is 25.3 Å². The molecule has 0 fully saturated rings. The minimum atomic E-state index is -0.190. The fourth-order valence-corrected chi connectivity index (χ4v) is 2.16. The molecule has 1 aromatic carbocycles. The highest BCUT2D eigenvalue weighted by atomic mass is 16.6. The minimum absolute atomic E-state index is 0.0676. The number of carbonyl (C=O) groups excluding carboxylic acids is 1. The van der Waals surface area contributed by atoms with Gasteiger partial charge in [-0.1, -0.05) is 6.07 Å². The van der Waals surface area contributed by atoms with Gasteiger partial charge in [0.15, 0.2) is 11.5 Å². The van der Waals surface area contributed by atoms with Gasteiger partial charge in [-0.2, -0.15) is 0 Å². The molecule has 5 heteroatoms. The van der Waals surface area contributed by atoms with E-state index in [2.05, 4.69) is 0 Å². The number of hydrogen-bond donors (Lipinski definition) is 1. The Hall–Kier alpha value is -1.75. The second kappa shape index (κ2) is 7.14. The summed E-state index contributed by atoms with van der Waals surface area (Å²) in [5.41, 5.74) is 7.13. The van der Waals surface area contributed by atoms with Crippen LogP contribution >= 0.6 is 0 Å². The highest BCUT2D eigenvalue weighted by Gasteiger charge is 2.14. The standard InChI is InChI=1S/C15H21NO4/c1-2-18-15(17)6-4-12(16)9-11-3-5-13-14(10-11)20-8-7-19-13/h3,5,10,12H,2,4,6-9,16H2,1H3. The first-order chi connectivity index (χ1) is 9.69. The van der Waals surface area contributed by atoms with Crippen molar-refractivity contribution in [2.24, 2.45) is 5.73 Å². The average Bonchev–Trinajstić information content (AvgIpc) is 2.45. The molecule has 5 nitrogen and oxygen atoms in total. The number of rotatable bonds is 6. The van der Waals surface area contributed by atoms with E-state index in [0.717, 1.165) is 17.1 Å². The van der Waals surface area contributed by atoms with Crippen molar-refractivity contribution in [3.8, 4) is 11.5 Å². The molecule has 0 aromatic heterocycles. The van der Waals surface area contributed by atoms with Gasteiger partial charge in [0.25, 0.3) is 0 Å². The van der Waals surface area contributed by atoms with E-state index in [1.807, 2.05) is 18.2 Å². The van der Waals surface area contributed by atoms with Crippen molar-refractivity contribution in [2.75, 3.05) is 19.8 Å². The van der Waals surface area contributed by atoms with Crippen LogP contribution in [0.5, 0.6) is 11.5 Å². The van der Waals surface area contributed by atoms with Crippen LogP contribution in [-0.2, 0) is 16.0 Å². The summed E-state index contributed by atoms with van der Waals surface area (Å²) < 4.78 is 15.9. The summed E-state index contributed by atoms with van der Waals surface area (Å²) in [6, 6.07) is 5.78. The number of carbonyl (C=O) groups is 1. The molecule has 0 saturated heterocycles. The summed E-state index contributed by atoms with van der Waals surface area (Å²) >= 11 is 0. The molecule has 0 aliphatic carbocycles. The highest BCUT2D eigenvalue weighted by Crippen LogP contribution is 2.31. The zero-order chi connectivity index (χ0) is 14.4. The van der Waals surface area contributed by atoms with Crippen LogP contribution in [0.4, 0.5) is 0 Å². The second-order valence-corrected chi connectivity index (χ2v) is 4.79. The van der Waals surface area contributed by atoms with Crippen molar-refractivity contribution in [1.29, 1.82) is 0 Å². The molecule has 1 unspecified atom stereocenters. The van der Waals surface area contributed by atoms with E-state index in [1.165, 1.54) is 0 Å². The zero-order valence-corrected chi connectivity index (χ0v) is 11.8. The molecular weight excluding hydrogens is 258 g/mol. The number of esters is 1. The van der Waals surface area contributed by atoms with E-state index in [4.69, 9.17) is 19.9 Å². The number of ether oxygens (including phenoxy) is 3.